The maximum absolute atomic E-state index is 14.3. The van der Waals surface area contributed by atoms with Crippen molar-refractivity contribution in [2.75, 3.05) is 14.2 Å². The molecule has 0 amide bonds. The second-order valence-corrected chi connectivity index (χ2v) is 25.6. The Morgan fingerprint density at radius 2 is 0.787 bits per heavy atom. The predicted molar refractivity (Wildman–Crippen MR) is 293 cm³/mol. The Hall–Kier alpha value is -1.21. The van der Waals surface area contributed by atoms with Gasteiger partial charge in [-0.05, 0) is 85.2 Å². The first-order chi connectivity index (χ1) is 35.3. The van der Waals surface area contributed by atoms with Gasteiger partial charge < -0.3 is 34.3 Å². The van der Waals surface area contributed by atoms with Crippen LogP contribution in [0.2, 0.25) is 0 Å². The summed E-state index contributed by atoms with van der Waals surface area (Å²) in [6.07, 6.45) is -21.5. The fourth-order valence-corrected chi connectivity index (χ4v) is 12.4. The van der Waals surface area contributed by atoms with E-state index >= 15 is 0 Å². The number of hydrogen-bond acceptors (Lipinski definition) is 2. The van der Waals surface area contributed by atoms with Gasteiger partial charge in [0.25, 0.3) is 0 Å². The van der Waals surface area contributed by atoms with Crippen molar-refractivity contribution in [3.8, 4) is 22.6 Å². The van der Waals surface area contributed by atoms with Crippen molar-refractivity contribution in [1.82, 2.24) is 0 Å². The summed E-state index contributed by atoms with van der Waals surface area (Å²) in [6.45, 7) is 1.36. The van der Waals surface area contributed by atoms with Crippen molar-refractivity contribution >= 4 is 147 Å². The van der Waals surface area contributed by atoms with Crippen LogP contribution in [0, 0.1) is 0 Å². The van der Waals surface area contributed by atoms with E-state index in [4.69, 9.17) is 114 Å². The average molecular weight is 1530 g/mol. The normalized spacial score (nSPS) is 11.6. The van der Waals surface area contributed by atoms with Gasteiger partial charge in [0.2, 0.25) is 0 Å². The van der Waals surface area contributed by atoms with Crippen molar-refractivity contribution in [2.24, 2.45) is 0 Å². The second-order valence-electron chi connectivity index (χ2n) is 14.9. The van der Waals surface area contributed by atoms with Gasteiger partial charge in [-0.25, -0.2) is 12.1 Å². The molecule has 0 fully saturated rings. The molecule has 0 saturated heterocycles. The first-order valence-electron chi connectivity index (χ1n) is 21.0. The molecule has 2 nitrogen and oxygen atoms in total. The van der Waals surface area contributed by atoms with Gasteiger partial charge in [-0.3, -0.25) is 0 Å². The van der Waals surface area contributed by atoms with Crippen LogP contribution in [0.1, 0.15) is 40.4 Å². The van der Waals surface area contributed by atoms with Crippen LogP contribution in [0.3, 0.4) is 0 Å². The molecule has 0 spiro atoms. The van der Waals surface area contributed by atoms with Crippen LogP contribution in [0.25, 0.3) is 11.1 Å². The smallest absolute Gasteiger partial charge is 1.00 e. The molecule has 7 rings (SSSR count). The third-order valence-electron chi connectivity index (χ3n) is 10.0. The number of methoxy groups -OCH3 is 2. The number of rotatable bonds is 10. The molecule has 7 aromatic rings. The number of halogens is 23. The van der Waals surface area contributed by atoms with Crippen LogP contribution < -0.4 is 60.8 Å². The first-order valence-corrected chi connectivity index (χ1v) is 27.7. The largest absolute Gasteiger partial charge is 2.00 e. The number of ether oxygens (including phenoxy) is 2. The van der Waals surface area contributed by atoms with Gasteiger partial charge in [0.05, 0.1) is 36.5 Å². The molecule has 0 aliphatic heterocycles. The molecule has 0 aliphatic rings. The summed E-state index contributed by atoms with van der Waals surface area (Å²) in [5.74, 6) is 0.561. The fourth-order valence-electron chi connectivity index (χ4n) is 7.11. The van der Waals surface area contributed by atoms with Crippen LogP contribution in [0.4, 0.5) is 52.7 Å². The van der Waals surface area contributed by atoms with E-state index < -0.39 is 92.0 Å². The Balaban J connectivity index is 0. The number of hydrogen-bond donors (Lipinski definition) is 0. The Morgan fingerprint density at radius 3 is 1.07 bits per heavy atom. The van der Waals surface area contributed by atoms with Crippen molar-refractivity contribution in [1.29, 1.82) is 0 Å². The Bertz CT molecular complexity index is 2610. The van der Waals surface area contributed by atoms with Crippen LogP contribution >= 0.6 is 120 Å². The van der Waals surface area contributed by atoms with Crippen LogP contribution in [-0.4, -0.2) is 27.1 Å². The van der Waals surface area contributed by atoms with Crippen molar-refractivity contribution in [2.45, 2.75) is 50.2 Å². The summed E-state index contributed by atoms with van der Waals surface area (Å²) < 4.78 is 180. The Kier molecular flexibility index (Phi) is 37.8. The van der Waals surface area contributed by atoms with Gasteiger partial charge in [-0.1, -0.05) is 189 Å². The van der Waals surface area contributed by atoms with Crippen molar-refractivity contribution < 1.29 is 124 Å². The molecule has 0 unspecified atom stereocenters. The minimum atomic E-state index is -5.36. The maximum Gasteiger partial charge on any atom is 2.00 e. The summed E-state index contributed by atoms with van der Waals surface area (Å²) in [5.41, 5.74) is -7.30. The van der Waals surface area contributed by atoms with Crippen LogP contribution in [0.15, 0.2) is 158 Å². The predicted octanol–water partition coefficient (Wildman–Crippen LogP) is 13.5. The monoisotopic (exact) mass is 1520 g/mol. The molecular weight excluding hydrogens is 1490 g/mol. The van der Waals surface area contributed by atoms with Crippen LogP contribution in [-0.2, 0) is 62.2 Å². The van der Waals surface area contributed by atoms with E-state index in [9.17, 15) is 52.7 Å². The van der Waals surface area contributed by atoms with Gasteiger partial charge in [0.1, 0.15) is 11.5 Å². The van der Waals surface area contributed by atoms with Crippen molar-refractivity contribution in [3.05, 3.63) is 186 Å². The van der Waals surface area contributed by atoms with Gasteiger partial charge in [0, 0.05) is 0 Å². The Labute approximate surface area is 538 Å². The minimum absolute atomic E-state index is 0. The summed E-state index contributed by atoms with van der Waals surface area (Å²) in [6, 6.07) is 37.8. The van der Waals surface area contributed by atoms with E-state index in [1.807, 2.05) is 91.0 Å². The molecule has 0 N–H and O–H groups in total. The summed E-state index contributed by atoms with van der Waals surface area (Å²) in [4.78, 5) is 0. The molecule has 0 aliphatic carbocycles. The molecule has 1 atom stereocenters. The SMILES string of the molecule is COc1cc(-[c-]2cccc2[C@@H](C)P(c2cc(C(F)(F)F)cc(C(F)(F)F)c2)c2cc(C(F)(F)F)cc(C(F)(F)F)c2)c(P(c2ccccc2)c2ccccc2)cc1OC.ClC(Cl)Cl.ClC(Cl)Cl.ClC(Cl)Cl.[Cl-].[Cl-].[Fe+2].[Pd+2].c1cc[cH-]c1. The summed E-state index contributed by atoms with van der Waals surface area (Å²) in [5, 5.41) is 0.932. The quantitative estimate of drug-likeness (QED) is 0.0447. The molecule has 444 valence electrons. The minimum Gasteiger partial charge on any atom is -1.00 e. The van der Waals surface area contributed by atoms with Crippen LogP contribution in [0.5, 0.6) is 11.5 Å². The third kappa shape index (κ3) is 26.2. The Morgan fingerprint density at radius 1 is 0.463 bits per heavy atom. The molecule has 0 aromatic heterocycles. The van der Waals surface area contributed by atoms with Gasteiger partial charge in [-0.15, -0.1) is 23.3 Å². The summed E-state index contributed by atoms with van der Waals surface area (Å²) >= 11 is 43.3. The number of alkyl halides is 21. The first kappa shape index (κ1) is 80.9. The van der Waals surface area contributed by atoms with E-state index in [0.29, 0.717) is 46.4 Å². The van der Waals surface area contributed by atoms with Gasteiger partial charge in [0.15, 0.2) is 12.9 Å². The fraction of sp³-hybridized carbons (Fsp3) is 0.216. The molecule has 0 radical (unpaired) electrons. The maximum atomic E-state index is 14.3. The molecule has 80 heavy (non-hydrogen) atoms. The van der Waals surface area contributed by atoms with E-state index in [-0.39, 0.29) is 85.8 Å². The number of benzene rings is 5. The van der Waals surface area contributed by atoms with E-state index in [1.54, 1.807) is 24.3 Å². The molecule has 7 aromatic carbocycles. The molecule has 0 bridgehead atoms. The van der Waals surface area contributed by atoms with E-state index in [1.165, 1.54) is 27.2 Å². The third-order valence-corrected chi connectivity index (χ3v) is 15.2. The zero-order valence-electron chi connectivity index (χ0n) is 40.4. The van der Waals surface area contributed by atoms with Crippen molar-refractivity contribution in [3.63, 3.8) is 0 Å². The van der Waals surface area contributed by atoms with Gasteiger partial charge >= 0.3 is 62.2 Å². The molecule has 0 heterocycles. The van der Waals surface area contributed by atoms with E-state index in [2.05, 4.69) is 0 Å². The summed E-state index contributed by atoms with van der Waals surface area (Å²) in [7, 11) is -1.55. The molecule has 0 saturated carbocycles. The molecule has 29 heteroatoms. The second kappa shape index (κ2) is 37.4. The zero-order valence-corrected chi connectivity index (χ0v) is 53.2. The molecular formula is C51H39Cl11F12FeO2P2Pd. The standard InChI is InChI=1S/C43H31F12O2P2.C5H5.3CHCl3.2ClH.Fe.Pd/c1-25(58(32-19-26(40(44,45)46)17-27(20-32)41(47,48)49)33-21-28(42(50,51)52)18-29(22-33)43(53,54)55)34-15-10-16-35(34)36-23-37(56-2)38(57-3)24-39(36)59(30-11-6-4-7-12-30)31-13-8-5-9-14-31;1-2-4-5-3-1;3*2-1(3)4;;;;/h4-25H,1-3H3;1-5H;3*1H;2*1H;;/q2*-1;;;;;;2*+2/p-2/t25-;;;;;;;;/m1......../s1. The zero-order chi connectivity index (χ0) is 57.3. The van der Waals surface area contributed by atoms with E-state index in [0.717, 1.165) is 10.6 Å². The topological polar surface area (TPSA) is 18.5 Å². The van der Waals surface area contributed by atoms with Gasteiger partial charge in [-0.2, -0.15) is 77.0 Å². The average Bonchev–Trinajstić information content (AvgIpc) is 4.08.